The second kappa shape index (κ2) is 5.64. The second-order valence-corrected chi connectivity index (χ2v) is 5.11. The maximum atomic E-state index is 12.2. The molecule has 0 fully saturated rings. The first kappa shape index (κ1) is 12.6. The molecule has 2 aromatic rings. The minimum atomic E-state index is -1.25. The molecule has 0 radical (unpaired) electrons. The van der Waals surface area contributed by atoms with Crippen LogP contribution in [0.3, 0.4) is 0 Å². The van der Waals surface area contributed by atoms with Crippen LogP contribution in [-0.4, -0.2) is 16.3 Å². The first-order valence-corrected chi connectivity index (χ1v) is 6.74. The molecule has 0 saturated carbocycles. The molecule has 5 heteroatoms. The summed E-state index contributed by atoms with van der Waals surface area (Å²) in [6.45, 7) is 0. The van der Waals surface area contributed by atoms with Gasteiger partial charge in [0.05, 0.1) is 29.3 Å². The van der Waals surface area contributed by atoms with Crippen LogP contribution < -0.4 is 10.5 Å². The van der Waals surface area contributed by atoms with Crippen LogP contribution in [0, 0.1) is 0 Å². The van der Waals surface area contributed by atoms with Crippen molar-refractivity contribution in [2.75, 3.05) is 12.8 Å². The predicted octanol–water partition coefficient (Wildman–Crippen LogP) is 1.98. The van der Waals surface area contributed by atoms with E-state index in [0.717, 1.165) is 11.3 Å². The van der Waals surface area contributed by atoms with Crippen molar-refractivity contribution in [1.29, 1.82) is 0 Å². The van der Waals surface area contributed by atoms with E-state index in [0.29, 0.717) is 16.5 Å². The van der Waals surface area contributed by atoms with Crippen molar-refractivity contribution in [3.8, 4) is 5.75 Å². The first-order valence-electron chi connectivity index (χ1n) is 5.42. The molecule has 1 aromatic heterocycles. The number of pyridine rings is 1. The number of aromatic nitrogens is 1. The summed E-state index contributed by atoms with van der Waals surface area (Å²) in [6.07, 6.45) is 1.59. The number of hydrogen-bond donors (Lipinski definition) is 1. The number of nitrogen functional groups attached to an aromatic ring is 1. The zero-order chi connectivity index (χ0) is 13.0. The van der Waals surface area contributed by atoms with Gasteiger partial charge in [-0.15, -0.1) is 0 Å². The lowest BCUT2D eigenvalue weighted by Gasteiger charge is -2.06. The van der Waals surface area contributed by atoms with E-state index in [1.807, 2.05) is 24.3 Å². The van der Waals surface area contributed by atoms with Gasteiger partial charge in [0.15, 0.2) is 0 Å². The van der Waals surface area contributed by atoms with Crippen molar-refractivity contribution in [2.24, 2.45) is 0 Å². The van der Waals surface area contributed by atoms with Gasteiger partial charge in [0.1, 0.15) is 10.8 Å². The lowest BCUT2D eigenvalue weighted by Crippen LogP contribution is -2.03. The molecule has 2 rings (SSSR count). The van der Waals surface area contributed by atoms with Gasteiger partial charge in [-0.3, -0.25) is 4.21 Å². The third-order valence-electron chi connectivity index (χ3n) is 2.45. The van der Waals surface area contributed by atoms with Crippen LogP contribution in [0.2, 0.25) is 0 Å². The van der Waals surface area contributed by atoms with Crippen molar-refractivity contribution in [1.82, 2.24) is 4.98 Å². The fourth-order valence-corrected chi connectivity index (χ4v) is 2.70. The van der Waals surface area contributed by atoms with Crippen molar-refractivity contribution in [3.05, 3.63) is 48.2 Å². The van der Waals surface area contributed by atoms with E-state index in [1.54, 1.807) is 25.4 Å². The molecule has 94 valence electrons. The van der Waals surface area contributed by atoms with Gasteiger partial charge in [-0.1, -0.05) is 12.1 Å². The van der Waals surface area contributed by atoms with E-state index >= 15 is 0 Å². The number of anilines is 1. The monoisotopic (exact) mass is 262 g/mol. The van der Waals surface area contributed by atoms with E-state index in [2.05, 4.69) is 4.98 Å². The van der Waals surface area contributed by atoms with Crippen molar-refractivity contribution >= 4 is 16.5 Å². The highest BCUT2D eigenvalue weighted by molar-refractivity contribution is 7.84. The Balaban J connectivity index is 2.19. The van der Waals surface area contributed by atoms with Crippen LogP contribution in [0.5, 0.6) is 5.75 Å². The maximum Gasteiger partial charge on any atom is 0.150 e. The Bertz CT molecular complexity index is 572. The molecule has 0 aliphatic carbocycles. The summed E-state index contributed by atoms with van der Waals surface area (Å²) >= 11 is 0. The molecule has 18 heavy (non-hydrogen) atoms. The van der Waals surface area contributed by atoms with E-state index in [4.69, 9.17) is 10.5 Å². The fraction of sp³-hybridized carbons (Fsp3) is 0.154. The van der Waals surface area contributed by atoms with E-state index < -0.39 is 10.8 Å². The topological polar surface area (TPSA) is 65.2 Å². The minimum absolute atomic E-state index is 0.373. The third kappa shape index (κ3) is 2.87. The molecule has 1 aromatic carbocycles. The van der Waals surface area contributed by atoms with Gasteiger partial charge in [-0.05, 0) is 29.8 Å². The normalized spacial score (nSPS) is 12.1. The summed E-state index contributed by atoms with van der Waals surface area (Å²) in [7, 11) is 0.356. The summed E-state index contributed by atoms with van der Waals surface area (Å²) < 4.78 is 17.3. The SMILES string of the molecule is COc1cccc(CS(=O)c2ncccc2N)c1. The maximum absolute atomic E-state index is 12.2. The lowest BCUT2D eigenvalue weighted by atomic mass is 10.2. The number of hydrogen-bond acceptors (Lipinski definition) is 4. The third-order valence-corrected chi connectivity index (χ3v) is 3.82. The van der Waals surface area contributed by atoms with Crippen LogP contribution in [0.4, 0.5) is 5.69 Å². The lowest BCUT2D eigenvalue weighted by molar-refractivity contribution is 0.414. The van der Waals surface area contributed by atoms with Gasteiger partial charge < -0.3 is 10.5 Å². The highest BCUT2D eigenvalue weighted by Gasteiger charge is 2.10. The summed E-state index contributed by atoms with van der Waals surface area (Å²) in [6, 6.07) is 10.9. The standard InChI is InChI=1S/C13H14N2O2S/c1-17-11-5-2-4-10(8-11)9-18(16)13-12(14)6-3-7-15-13/h2-8H,9,14H2,1H3. The predicted molar refractivity (Wildman–Crippen MR) is 71.8 cm³/mol. The molecule has 0 bridgehead atoms. The Morgan fingerprint density at radius 3 is 2.89 bits per heavy atom. The number of rotatable bonds is 4. The van der Waals surface area contributed by atoms with Crippen molar-refractivity contribution in [3.63, 3.8) is 0 Å². The molecule has 1 heterocycles. The number of methoxy groups -OCH3 is 1. The fourth-order valence-electron chi connectivity index (χ4n) is 1.58. The Kier molecular flexibility index (Phi) is 3.94. The second-order valence-electron chi connectivity index (χ2n) is 3.74. The average molecular weight is 262 g/mol. The molecular weight excluding hydrogens is 248 g/mol. The summed E-state index contributed by atoms with van der Waals surface area (Å²) in [5.74, 6) is 1.12. The van der Waals surface area contributed by atoms with Gasteiger partial charge in [-0.25, -0.2) is 4.98 Å². The Labute approximate surface area is 108 Å². The molecule has 0 saturated heterocycles. The Hall–Kier alpha value is -1.88. The van der Waals surface area contributed by atoms with Gasteiger partial charge >= 0.3 is 0 Å². The highest BCUT2D eigenvalue weighted by Crippen LogP contribution is 2.18. The van der Waals surface area contributed by atoms with Crippen LogP contribution in [-0.2, 0) is 16.6 Å². The number of nitrogens with two attached hydrogens (primary N) is 1. The highest BCUT2D eigenvalue weighted by atomic mass is 32.2. The zero-order valence-corrected chi connectivity index (χ0v) is 10.8. The summed E-state index contributed by atoms with van der Waals surface area (Å²) in [4.78, 5) is 4.06. The smallest absolute Gasteiger partial charge is 0.150 e. The largest absolute Gasteiger partial charge is 0.497 e. The van der Waals surface area contributed by atoms with Crippen LogP contribution in [0.1, 0.15) is 5.56 Å². The molecule has 2 N–H and O–H groups in total. The minimum Gasteiger partial charge on any atom is -0.497 e. The summed E-state index contributed by atoms with van der Waals surface area (Å²) in [5, 5.41) is 0.431. The number of nitrogens with zero attached hydrogens (tertiary/aromatic N) is 1. The van der Waals surface area contributed by atoms with Crippen LogP contribution >= 0.6 is 0 Å². The number of benzene rings is 1. The molecule has 1 unspecified atom stereocenters. The average Bonchev–Trinajstić information content (AvgIpc) is 2.39. The molecule has 1 atom stereocenters. The number of ether oxygens (including phenoxy) is 1. The van der Waals surface area contributed by atoms with Gasteiger partial charge in [-0.2, -0.15) is 0 Å². The van der Waals surface area contributed by atoms with E-state index in [9.17, 15) is 4.21 Å². The Morgan fingerprint density at radius 2 is 2.17 bits per heavy atom. The zero-order valence-electron chi connectivity index (χ0n) is 10.00. The van der Waals surface area contributed by atoms with Crippen molar-refractivity contribution < 1.29 is 8.95 Å². The molecule has 0 spiro atoms. The van der Waals surface area contributed by atoms with Crippen molar-refractivity contribution in [2.45, 2.75) is 10.8 Å². The van der Waals surface area contributed by atoms with Crippen LogP contribution in [0.15, 0.2) is 47.6 Å². The van der Waals surface area contributed by atoms with Gasteiger partial charge in [0.25, 0.3) is 0 Å². The van der Waals surface area contributed by atoms with E-state index in [-0.39, 0.29) is 0 Å². The van der Waals surface area contributed by atoms with Gasteiger partial charge in [0.2, 0.25) is 0 Å². The quantitative estimate of drug-likeness (QED) is 0.915. The van der Waals surface area contributed by atoms with E-state index in [1.165, 1.54) is 0 Å². The molecule has 4 nitrogen and oxygen atoms in total. The Morgan fingerprint density at radius 1 is 1.33 bits per heavy atom. The molecule has 0 aliphatic rings. The molecule has 0 amide bonds. The summed E-state index contributed by atoms with van der Waals surface area (Å²) in [5.41, 5.74) is 7.14. The molecule has 0 aliphatic heterocycles. The van der Waals surface area contributed by atoms with Gasteiger partial charge in [0, 0.05) is 6.20 Å². The van der Waals surface area contributed by atoms with Crippen LogP contribution in [0.25, 0.3) is 0 Å². The first-order chi connectivity index (χ1) is 8.70. The molecular formula is C13H14N2O2S.